The molecular formula is C14H14N2OS. The average molecular weight is 258 g/mol. The number of anilines is 1. The van der Waals surface area contributed by atoms with E-state index in [4.69, 9.17) is 15.7 Å². The normalized spacial score (nSPS) is 10.3. The molecule has 1 heterocycles. The molecule has 0 bridgehead atoms. The molecule has 1 aromatic carbocycles. The van der Waals surface area contributed by atoms with E-state index in [0.29, 0.717) is 10.6 Å². The quantitative estimate of drug-likeness (QED) is 0.914. The van der Waals surface area contributed by atoms with Crippen LogP contribution in [0.1, 0.15) is 18.7 Å². The molecule has 0 radical (unpaired) electrons. The van der Waals surface area contributed by atoms with Gasteiger partial charge in [0.15, 0.2) is 0 Å². The van der Waals surface area contributed by atoms with Gasteiger partial charge in [-0.05, 0) is 37.6 Å². The highest BCUT2D eigenvalue weighted by Gasteiger charge is 2.08. The maximum absolute atomic E-state index is 8.91. The summed E-state index contributed by atoms with van der Waals surface area (Å²) in [6.07, 6.45) is 0.142. The van der Waals surface area contributed by atoms with Crippen molar-refractivity contribution in [1.82, 2.24) is 0 Å². The SMILES string of the molecule is CC(C)Oc1cccc(-c2cc(N)c(C#N)s2)c1. The first-order valence-electron chi connectivity index (χ1n) is 5.66. The zero-order chi connectivity index (χ0) is 13.1. The summed E-state index contributed by atoms with van der Waals surface area (Å²) >= 11 is 1.40. The number of benzene rings is 1. The summed E-state index contributed by atoms with van der Waals surface area (Å²) in [5.74, 6) is 0.827. The zero-order valence-electron chi connectivity index (χ0n) is 10.3. The molecule has 1 aromatic heterocycles. The molecule has 3 nitrogen and oxygen atoms in total. The lowest BCUT2D eigenvalue weighted by Crippen LogP contribution is -2.05. The summed E-state index contributed by atoms with van der Waals surface area (Å²) in [4.78, 5) is 1.54. The van der Waals surface area contributed by atoms with E-state index in [-0.39, 0.29) is 6.10 Å². The van der Waals surface area contributed by atoms with E-state index in [1.165, 1.54) is 11.3 Å². The monoisotopic (exact) mass is 258 g/mol. The van der Waals surface area contributed by atoms with E-state index in [0.717, 1.165) is 16.2 Å². The first kappa shape index (κ1) is 12.5. The average Bonchev–Trinajstić information content (AvgIpc) is 2.70. The lowest BCUT2D eigenvalue weighted by atomic mass is 10.2. The smallest absolute Gasteiger partial charge is 0.128 e. The molecule has 0 amide bonds. The highest BCUT2D eigenvalue weighted by atomic mass is 32.1. The molecule has 18 heavy (non-hydrogen) atoms. The van der Waals surface area contributed by atoms with E-state index >= 15 is 0 Å². The van der Waals surface area contributed by atoms with Crippen molar-refractivity contribution in [2.45, 2.75) is 20.0 Å². The largest absolute Gasteiger partial charge is 0.491 e. The van der Waals surface area contributed by atoms with Gasteiger partial charge in [0.1, 0.15) is 16.7 Å². The fraction of sp³-hybridized carbons (Fsp3) is 0.214. The van der Waals surface area contributed by atoms with Gasteiger partial charge in [0.25, 0.3) is 0 Å². The molecule has 0 unspecified atom stereocenters. The second-order valence-electron chi connectivity index (χ2n) is 4.20. The predicted octanol–water partition coefficient (Wildman–Crippen LogP) is 3.66. The Bertz CT molecular complexity index is 596. The summed E-state index contributed by atoms with van der Waals surface area (Å²) in [5.41, 5.74) is 7.32. The van der Waals surface area contributed by atoms with E-state index in [2.05, 4.69) is 6.07 Å². The third-order valence-electron chi connectivity index (χ3n) is 2.35. The third kappa shape index (κ3) is 2.63. The minimum atomic E-state index is 0.142. The van der Waals surface area contributed by atoms with Crippen LogP contribution in [0.5, 0.6) is 5.75 Å². The van der Waals surface area contributed by atoms with Crippen LogP contribution in [-0.2, 0) is 0 Å². The molecule has 0 fully saturated rings. The van der Waals surface area contributed by atoms with Gasteiger partial charge < -0.3 is 10.5 Å². The second-order valence-corrected chi connectivity index (χ2v) is 5.25. The van der Waals surface area contributed by atoms with Gasteiger partial charge in [0.2, 0.25) is 0 Å². The Hall–Kier alpha value is -1.99. The number of nitrogens with zero attached hydrogens (tertiary/aromatic N) is 1. The molecule has 92 valence electrons. The van der Waals surface area contributed by atoms with Gasteiger partial charge in [0, 0.05) is 4.88 Å². The topological polar surface area (TPSA) is 59.0 Å². The van der Waals surface area contributed by atoms with Gasteiger partial charge in [-0.25, -0.2) is 0 Å². The highest BCUT2D eigenvalue weighted by Crippen LogP contribution is 2.34. The summed E-state index contributed by atoms with van der Waals surface area (Å²) in [7, 11) is 0. The molecule has 2 aromatic rings. The Balaban J connectivity index is 2.35. The third-order valence-corrected chi connectivity index (χ3v) is 3.46. The molecule has 0 aliphatic rings. The van der Waals surface area contributed by atoms with Gasteiger partial charge in [-0.1, -0.05) is 12.1 Å². The maximum Gasteiger partial charge on any atom is 0.128 e. The van der Waals surface area contributed by atoms with E-state index < -0.39 is 0 Å². The number of hydrogen-bond acceptors (Lipinski definition) is 4. The van der Waals surface area contributed by atoms with Crippen molar-refractivity contribution in [1.29, 1.82) is 5.26 Å². The van der Waals surface area contributed by atoms with Crippen molar-refractivity contribution in [3.63, 3.8) is 0 Å². The summed E-state index contributed by atoms with van der Waals surface area (Å²) < 4.78 is 5.65. The number of thiophene rings is 1. The van der Waals surface area contributed by atoms with Gasteiger partial charge in [-0.3, -0.25) is 0 Å². The molecular weight excluding hydrogens is 244 g/mol. The van der Waals surface area contributed by atoms with E-state index in [1.807, 2.05) is 44.2 Å². The maximum atomic E-state index is 8.91. The van der Waals surface area contributed by atoms with Crippen LogP contribution < -0.4 is 10.5 Å². The number of rotatable bonds is 3. The lowest BCUT2D eigenvalue weighted by molar-refractivity contribution is 0.242. The second kappa shape index (κ2) is 5.11. The van der Waals surface area contributed by atoms with Gasteiger partial charge in [0.05, 0.1) is 11.8 Å². The number of hydrogen-bond donors (Lipinski definition) is 1. The van der Waals surface area contributed by atoms with E-state index in [1.54, 1.807) is 0 Å². The number of nitrogens with two attached hydrogens (primary N) is 1. The Labute approximate surface area is 110 Å². The highest BCUT2D eigenvalue weighted by molar-refractivity contribution is 7.16. The molecule has 0 spiro atoms. The number of ether oxygens (including phenoxy) is 1. The van der Waals surface area contributed by atoms with Crippen LogP contribution in [0.15, 0.2) is 30.3 Å². The standard InChI is InChI=1S/C14H14N2OS/c1-9(2)17-11-5-3-4-10(6-11)13-7-12(16)14(8-15)18-13/h3-7,9H,16H2,1-2H3. The molecule has 2 N–H and O–H groups in total. The first-order chi connectivity index (χ1) is 8.60. The van der Waals surface area contributed by atoms with Crippen LogP contribution in [0.2, 0.25) is 0 Å². The summed E-state index contributed by atoms with van der Waals surface area (Å²) in [6.45, 7) is 3.98. The van der Waals surface area contributed by atoms with Crippen molar-refractivity contribution in [3.05, 3.63) is 35.2 Å². The number of nitriles is 1. The van der Waals surface area contributed by atoms with Crippen LogP contribution in [0.25, 0.3) is 10.4 Å². The molecule has 0 saturated carbocycles. The fourth-order valence-corrected chi connectivity index (χ4v) is 2.50. The first-order valence-corrected chi connectivity index (χ1v) is 6.48. The molecule has 2 rings (SSSR count). The van der Waals surface area contributed by atoms with E-state index in [9.17, 15) is 0 Å². The summed E-state index contributed by atoms with van der Waals surface area (Å²) in [6, 6.07) is 11.7. The van der Waals surface area contributed by atoms with Crippen LogP contribution >= 0.6 is 11.3 Å². The zero-order valence-corrected chi connectivity index (χ0v) is 11.1. The Kier molecular flexibility index (Phi) is 3.54. The van der Waals surface area contributed by atoms with Gasteiger partial charge in [-0.15, -0.1) is 11.3 Å². The van der Waals surface area contributed by atoms with Crippen LogP contribution in [0, 0.1) is 11.3 Å². The Morgan fingerprint density at radius 3 is 2.72 bits per heavy atom. The Morgan fingerprint density at radius 2 is 2.11 bits per heavy atom. The molecule has 0 saturated heterocycles. The molecule has 0 aliphatic carbocycles. The lowest BCUT2D eigenvalue weighted by Gasteiger charge is -2.10. The van der Waals surface area contributed by atoms with Crippen molar-refractivity contribution in [2.75, 3.05) is 5.73 Å². The van der Waals surface area contributed by atoms with Gasteiger partial charge >= 0.3 is 0 Å². The van der Waals surface area contributed by atoms with Gasteiger partial charge in [-0.2, -0.15) is 5.26 Å². The molecule has 0 atom stereocenters. The van der Waals surface area contributed by atoms with Crippen LogP contribution in [0.3, 0.4) is 0 Å². The van der Waals surface area contributed by atoms with Crippen molar-refractivity contribution < 1.29 is 4.74 Å². The Morgan fingerprint density at radius 1 is 1.33 bits per heavy atom. The minimum absolute atomic E-state index is 0.142. The summed E-state index contributed by atoms with van der Waals surface area (Å²) in [5, 5.41) is 8.91. The molecule has 4 heteroatoms. The number of nitrogen functional groups attached to an aromatic ring is 1. The van der Waals surface area contributed by atoms with Crippen molar-refractivity contribution >= 4 is 17.0 Å². The van der Waals surface area contributed by atoms with Crippen LogP contribution in [-0.4, -0.2) is 6.10 Å². The van der Waals surface area contributed by atoms with Crippen molar-refractivity contribution in [2.24, 2.45) is 0 Å². The minimum Gasteiger partial charge on any atom is -0.491 e. The van der Waals surface area contributed by atoms with Crippen molar-refractivity contribution in [3.8, 4) is 22.3 Å². The molecule has 0 aliphatic heterocycles. The predicted molar refractivity (Wildman–Crippen MR) is 74.6 cm³/mol. The van der Waals surface area contributed by atoms with Crippen LogP contribution in [0.4, 0.5) is 5.69 Å². The fourth-order valence-electron chi connectivity index (χ4n) is 1.63.